The van der Waals surface area contributed by atoms with Gasteiger partial charge in [-0.3, -0.25) is 4.79 Å². The van der Waals surface area contributed by atoms with E-state index >= 15 is 0 Å². The summed E-state index contributed by atoms with van der Waals surface area (Å²) in [4.78, 5) is 24.4. The number of carbonyl (C=O) groups excluding carboxylic acids is 2. The maximum Gasteiger partial charge on any atom is 0.407 e. The van der Waals surface area contributed by atoms with Crippen molar-refractivity contribution in [3.05, 3.63) is 17.5 Å². The van der Waals surface area contributed by atoms with E-state index in [1.54, 1.807) is 0 Å². The van der Waals surface area contributed by atoms with E-state index in [4.69, 9.17) is 14.2 Å². The number of methoxy groups -OCH3 is 1. The molecule has 0 radical (unpaired) electrons. The van der Waals surface area contributed by atoms with E-state index in [1.807, 2.05) is 33.9 Å². The molecule has 1 aromatic heterocycles. The van der Waals surface area contributed by atoms with Crippen LogP contribution in [0.5, 0.6) is 5.75 Å². The van der Waals surface area contributed by atoms with E-state index in [9.17, 15) is 9.59 Å². The minimum Gasteiger partial charge on any atom is -0.487 e. The van der Waals surface area contributed by atoms with Crippen LogP contribution in [0.25, 0.3) is 0 Å². The Hall–Kier alpha value is -2.38. The van der Waals surface area contributed by atoms with Crippen molar-refractivity contribution in [2.45, 2.75) is 103 Å². The molecular formula is C26H39N3O5. The highest BCUT2D eigenvalue weighted by molar-refractivity contribution is 5.72. The van der Waals surface area contributed by atoms with Gasteiger partial charge in [0, 0.05) is 23.4 Å². The quantitative estimate of drug-likeness (QED) is 0.631. The van der Waals surface area contributed by atoms with E-state index in [0.717, 1.165) is 55.5 Å². The Labute approximate surface area is 202 Å². The fourth-order valence-corrected chi connectivity index (χ4v) is 6.10. The summed E-state index contributed by atoms with van der Waals surface area (Å²) in [5, 5.41) is 11.9. The van der Waals surface area contributed by atoms with Gasteiger partial charge in [-0.2, -0.15) is 10.2 Å². The predicted octanol–water partition coefficient (Wildman–Crippen LogP) is 4.73. The third kappa shape index (κ3) is 5.15. The number of rotatable bonds is 4. The molecule has 1 aliphatic heterocycles. The SMILES string of the molecule is COC(=O)C1CCC(c2cnnc3c2OC2C3CC(C)CC2[C@@H](C)NC(=O)OC(C)(C)C)CC1. The minimum atomic E-state index is -0.538. The Kier molecular flexibility index (Phi) is 7.06. The lowest BCUT2D eigenvalue weighted by atomic mass is 9.71. The predicted molar refractivity (Wildman–Crippen MR) is 127 cm³/mol. The summed E-state index contributed by atoms with van der Waals surface area (Å²) in [5.41, 5.74) is 1.53. The number of hydrogen-bond donors (Lipinski definition) is 1. The molecule has 0 saturated heterocycles. The van der Waals surface area contributed by atoms with Gasteiger partial charge in [-0.05, 0) is 78.1 Å². The minimum absolute atomic E-state index is 0.0161. The zero-order valence-corrected chi connectivity index (χ0v) is 21.3. The lowest BCUT2D eigenvalue weighted by molar-refractivity contribution is -0.146. The van der Waals surface area contributed by atoms with Crippen LogP contribution in [0, 0.1) is 17.8 Å². The van der Waals surface area contributed by atoms with Crippen LogP contribution in [0.15, 0.2) is 6.20 Å². The third-order valence-electron chi connectivity index (χ3n) is 7.70. The van der Waals surface area contributed by atoms with Crippen molar-refractivity contribution in [1.82, 2.24) is 15.5 Å². The van der Waals surface area contributed by atoms with Gasteiger partial charge in [0.15, 0.2) is 0 Å². The fraction of sp³-hybridized carbons (Fsp3) is 0.769. The molecule has 0 bridgehead atoms. The maximum atomic E-state index is 12.4. The molecular weight excluding hydrogens is 434 g/mol. The highest BCUT2D eigenvalue weighted by Gasteiger charge is 2.49. The van der Waals surface area contributed by atoms with Crippen molar-refractivity contribution in [2.75, 3.05) is 7.11 Å². The molecule has 2 saturated carbocycles. The van der Waals surface area contributed by atoms with Gasteiger partial charge in [-0.15, -0.1) is 0 Å². The Morgan fingerprint density at radius 2 is 1.88 bits per heavy atom. The fourth-order valence-electron chi connectivity index (χ4n) is 6.10. The number of fused-ring (bicyclic) bond motifs is 3. The van der Waals surface area contributed by atoms with Crippen LogP contribution >= 0.6 is 0 Å². The molecule has 4 unspecified atom stereocenters. The van der Waals surface area contributed by atoms with Gasteiger partial charge in [0.2, 0.25) is 0 Å². The molecule has 8 nitrogen and oxygen atoms in total. The number of aromatic nitrogens is 2. The van der Waals surface area contributed by atoms with Gasteiger partial charge in [-0.1, -0.05) is 6.92 Å². The molecule has 3 aliphatic rings. The summed E-state index contributed by atoms with van der Waals surface area (Å²) in [6, 6.07) is -0.0914. The zero-order chi connectivity index (χ0) is 24.6. The lowest BCUT2D eigenvalue weighted by Gasteiger charge is -2.39. The maximum absolute atomic E-state index is 12.4. The number of carbonyl (C=O) groups is 2. The van der Waals surface area contributed by atoms with Gasteiger partial charge in [0.25, 0.3) is 0 Å². The molecule has 1 aromatic rings. The standard InChI is InChI=1S/C26H39N3O5/c1-14-11-18(15(2)28-25(31)34-26(3,4)5)22-19(12-14)21-23(33-22)20(13-27-29-21)16-7-9-17(10-8-16)24(30)32-6/h13-19,22H,7-12H2,1-6H3,(H,28,31)/t14?,15-,16?,17?,18?,19?,22?/m1/s1. The Morgan fingerprint density at radius 3 is 2.53 bits per heavy atom. The van der Waals surface area contributed by atoms with E-state index < -0.39 is 11.7 Å². The number of amides is 1. The van der Waals surface area contributed by atoms with Gasteiger partial charge in [0.05, 0.1) is 19.2 Å². The van der Waals surface area contributed by atoms with Crippen molar-refractivity contribution in [3.8, 4) is 5.75 Å². The molecule has 0 aromatic carbocycles. The topological polar surface area (TPSA) is 99.6 Å². The highest BCUT2D eigenvalue weighted by Crippen LogP contribution is 2.52. The van der Waals surface area contributed by atoms with Crippen molar-refractivity contribution in [1.29, 1.82) is 0 Å². The van der Waals surface area contributed by atoms with Crippen molar-refractivity contribution < 1.29 is 23.8 Å². The average Bonchev–Trinajstić information content (AvgIpc) is 3.15. The smallest absolute Gasteiger partial charge is 0.407 e. The first kappa shape index (κ1) is 24.7. The molecule has 34 heavy (non-hydrogen) atoms. The Bertz CT molecular complexity index is 906. The van der Waals surface area contributed by atoms with Crippen LogP contribution in [0.2, 0.25) is 0 Å². The van der Waals surface area contributed by atoms with Crippen LogP contribution < -0.4 is 10.1 Å². The van der Waals surface area contributed by atoms with E-state index in [0.29, 0.717) is 11.8 Å². The number of nitrogens with zero attached hydrogens (tertiary/aromatic N) is 2. The van der Waals surface area contributed by atoms with Crippen molar-refractivity contribution in [2.24, 2.45) is 17.8 Å². The molecule has 4 rings (SSSR count). The monoisotopic (exact) mass is 473 g/mol. The second-order valence-electron chi connectivity index (χ2n) is 11.5. The molecule has 2 aliphatic carbocycles. The normalized spacial score (nSPS) is 31.5. The average molecular weight is 474 g/mol. The first-order chi connectivity index (χ1) is 16.1. The second-order valence-corrected chi connectivity index (χ2v) is 11.5. The molecule has 1 amide bonds. The van der Waals surface area contributed by atoms with Crippen LogP contribution in [-0.4, -0.2) is 47.1 Å². The largest absolute Gasteiger partial charge is 0.487 e. The Morgan fingerprint density at radius 1 is 1.18 bits per heavy atom. The molecule has 2 heterocycles. The first-order valence-corrected chi connectivity index (χ1v) is 12.7. The summed E-state index contributed by atoms with van der Waals surface area (Å²) in [7, 11) is 1.46. The van der Waals surface area contributed by atoms with Gasteiger partial charge in [-0.25, -0.2) is 4.79 Å². The molecule has 1 N–H and O–H groups in total. The van der Waals surface area contributed by atoms with Crippen LogP contribution in [-0.2, 0) is 14.3 Å². The molecule has 2 fully saturated rings. The molecule has 5 atom stereocenters. The van der Waals surface area contributed by atoms with E-state index in [-0.39, 0.29) is 35.9 Å². The molecule has 8 heteroatoms. The number of nitrogens with one attached hydrogen (secondary N) is 1. The van der Waals surface area contributed by atoms with Crippen molar-refractivity contribution >= 4 is 12.1 Å². The number of esters is 1. The van der Waals surface area contributed by atoms with Gasteiger partial charge >= 0.3 is 12.1 Å². The van der Waals surface area contributed by atoms with Crippen molar-refractivity contribution in [3.63, 3.8) is 0 Å². The third-order valence-corrected chi connectivity index (χ3v) is 7.70. The summed E-state index contributed by atoms with van der Waals surface area (Å²) >= 11 is 0. The second kappa shape index (κ2) is 9.70. The number of hydrogen-bond acceptors (Lipinski definition) is 7. The van der Waals surface area contributed by atoms with Crippen LogP contribution in [0.1, 0.15) is 96.2 Å². The summed E-state index contributed by atoms with van der Waals surface area (Å²) in [6.07, 6.45) is 6.83. The summed E-state index contributed by atoms with van der Waals surface area (Å²) in [6.45, 7) is 9.89. The molecule has 188 valence electrons. The lowest BCUT2D eigenvalue weighted by Crippen LogP contribution is -2.49. The van der Waals surface area contributed by atoms with E-state index in [2.05, 4.69) is 22.4 Å². The van der Waals surface area contributed by atoms with Crippen LogP contribution in [0.3, 0.4) is 0 Å². The van der Waals surface area contributed by atoms with Gasteiger partial charge < -0.3 is 19.5 Å². The number of alkyl carbamates (subject to hydrolysis) is 1. The number of ether oxygens (including phenoxy) is 3. The summed E-state index contributed by atoms with van der Waals surface area (Å²) in [5.74, 6) is 1.88. The zero-order valence-electron chi connectivity index (χ0n) is 21.3. The van der Waals surface area contributed by atoms with Crippen LogP contribution in [0.4, 0.5) is 4.79 Å². The molecule has 0 spiro atoms. The highest BCUT2D eigenvalue weighted by atomic mass is 16.6. The van der Waals surface area contributed by atoms with Gasteiger partial charge in [0.1, 0.15) is 23.1 Å². The first-order valence-electron chi connectivity index (χ1n) is 12.7. The summed E-state index contributed by atoms with van der Waals surface area (Å²) < 4.78 is 17.1. The van der Waals surface area contributed by atoms with E-state index in [1.165, 1.54) is 7.11 Å². The Balaban J connectivity index is 1.50.